The normalized spacial score (nSPS) is 22.0. The summed E-state index contributed by atoms with van der Waals surface area (Å²) in [7, 11) is 4.56. The van der Waals surface area contributed by atoms with Gasteiger partial charge in [-0.05, 0) is 161 Å². The summed E-state index contributed by atoms with van der Waals surface area (Å²) < 4.78 is 30.1. The third kappa shape index (κ3) is 13.2. The second kappa shape index (κ2) is 23.2. The highest BCUT2D eigenvalue weighted by Crippen LogP contribution is 2.72. The minimum Gasteiger partial charge on any atom is -0.497 e. The summed E-state index contributed by atoms with van der Waals surface area (Å²) in [5.74, 6) is 1.71. The Kier molecular flexibility index (Phi) is 16.8. The number of azide groups is 1. The first-order valence-electron chi connectivity index (χ1n) is 27.3. The van der Waals surface area contributed by atoms with E-state index < -0.39 is 14.0 Å². The minimum absolute atomic E-state index is 0.0244. The molecule has 10 rings (SSSR count). The Bertz CT molecular complexity index is 3160. The summed E-state index contributed by atoms with van der Waals surface area (Å²) in [6.45, 7) is 20.5. The number of nitrogens with zero attached hydrogens (tertiary/aromatic N) is 12. The van der Waals surface area contributed by atoms with Crippen molar-refractivity contribution in [1.82, 2.24) is 34.4 Å². The van der Waals surface area contributed by atoms with Gasteiger partial charge < -0.3 is 28.7 Å². The highest BCUT2D eigenvalue weighted by Gasteiger charge is 2.66. The number of thiazole rings is 1. The van der Waals surface area contributed by atoms with Crippen LogP contribution in [0.2, 0.25) is 25.7 Å². The lowest BCUT2D eigenvalue weighted by molar-refractivity contribution is -0.248. The molecule has 4 bridgehead atoms. The number of anilines is 2. The molecule has 2 aromatic carbocycles. The van der Waals surface area contributed by atoms with Crippen molar-refractivity contribution in [3.63, 3.8) is 0 Å². The molecule has 2 unspecified atom stereocenters. The smallest absolute Gasteiger partial charge is 0.358 e. The summed E-state index contributed by atoms with van der Waals surface area (Å²) in [6.07, 6.45) is 10.9. The fourth-order valence-corrected chi connectivity index (χ4v) is 15.1. The Labute approximate surface area is 458 Å². The number of hydrogen-bond donors (Lipinski definition) is 0. The third-order valence-electron chi connectivity index (χ3n) is 15.8. The summed E-state index contributed by atoms with van der Waals surface area (Å²) in [4.78, 5) is 32.9. The lowest BCUT2D eigenvalue weighted by Gasteiger charge is -2.69. The molecule has 0 spiro atoms. The topological polar surface area (TPSA) is 183 Å². The molecule has 4 heterocycles. The largest absolute Gasteiger partial charge is 0.497 e. The lowest BCUT2D eigenvalue weighted by Crippen LogP contribution is -2.64. The van der Waals surface area contributed by atoms with Gasteiger partial charge in [0.2, 0.25) is 0 Å². The Balaban J connectivity index is 1.06. The standard InChI is InChI=1S/C58H78N12O5SSi/c1-41-30-50(64-65-52(41)63-54-69(40-73-28-29-77(8,9)10)47-16-12-13-17-48(47)76-54)68(25-15-11-14-24-60-66-59)49-23-22-45(51(62-49)53(71)74-32-43-18-20-44(72-7)21-19-43)46-31-61-70(42(46)2)39-57-34-55(3)33-56(4,35-57)37-58(36-55,38-57)75-27-26-67(5)6/h12-13,16-23,30-31H,11,14-15,24-29,32-40H2,1-10H3. The minimum atomic E-state index is -1.28. The highest BCUT2D eigenvalue weighted by atomic mass is 32.1. The SMILES string of the molecule is COc1ccc(COC(=O)c2nc(N(CCCCCN=[N+]=[N-])c3cc(C)c(N=c4sc5ccccc5n4COCC[Si](C)(C)C)nn3)ccc2-c2cnn(CC34CC5(C)CC(C)(C3)CC(OCCN(C)C)(C5)C4)c2C)cc1. The number of carbonyl (C=O) groups is 1. The van der Waals surface area contributed by atoms with Gasteiger partial charge in [0.15, 0.2) is 22.1 Å². The molecule has 0 radical (unpaired) electrons. The Morgan fingerprint density at radius 1 is 0.883 bits per heavy atom. The summed E-state index contributed by atoms with van der Waals surface area (Å²) >= 11 is 1.59. The molecular formula is C58H78N12O5SSi. The zero-order chi connectivity index (χ0) is 54.6. The second-order valence-corrected chi connectivity index (χ2v) is 31.1. The van der Waals surface area contributed by atoms with Gasteiger partial charge in [-0.15, -0.1) is 10.2 Å². The number of esters is 1. The van der Waals surface area contributed by atoms with Crippen LogP contribution < -0.4 is 14.4 Å². The Morgan fingerprint density at radius 3 is 2.36 bits per heavy atom. The zero-order valence-electron chi connectivity index (χ0n) is 47.0. The maximum absolute atomic E-state index is 14.7. The number of unbranched alkanes of at least 4 members (excludes halogenated alkanes) is 2. The van der Waals surface area contributed by atoms with Gasteiger partial charge in [-0.25, -0.2) is 9.78 Å². The number of aryl methyl sites for hydroxylation is 1. The molecule has 77 heavy (non-hydrogen) atoms. The average molecular weight is 1080 g/mol. The van der Waals surface area contributed by atoms with Crippen LogP contribution in [0, 0.1) is 30.1 Å². The predicted molar refractivity (Wildman–Crippen MR) is 307 cm³/mol. The monoisotopic (exact) mass is 1080 g/mol. The van der Waals surface area contributed by atoms with Crippen LogP contribution in [0.4, 0.5) is 17.5 Å². The van der Waals surface area contributed by atoms with Crippen molar-refractivity contribution < 1.29 is 23.7 Å². The first-order valence-corrected chi connectivity index (χ1v) is 31.8. The number of benzene rings is 2. The van der Waals surface area contributed by atoms with E-state index >= 15 is 0 Å². The van der Waals surface area contributed by atoms with Crippen molar-refractivity contribution >= 4 is 53.1 Å². The molecule has 0 N–H and O–H groups in total. The van der Waals surface area contributed by atoms with E-state index in [2.05, 4.69) is 90.8 Å². The van der Waals surface area contributed by atoms with Crippen LogP contribution in [-0.4, -0.2) is 108 Å². The van der Waals surface area contributed by atoms with E-state index in [9.17, 15) is 4.79 Å². The summed E-state index contributed by atoms with van der Waals surface area (Å²) in [5, 5.41) is 18.4. The van der Waals surface area contributed by atoms with E-state index in [1.165, 1.54) is 6.42 Å². The Morgan fingerprint density at radius 2 is 1.65 bits per heavy atom. The fraction of sp³-hybridized carbons (Fsp3) is 0.552. The number of fused-ring (bicyclic) bond motifs is 1. The van der Waals surface area contributed by atoms with Crippen LogP contribution in [0.15, 0.2) is 83.0 Å². The Hall–Kier alpha value is -5.95. The molecular weight excluding hydrogens is 1000 g/mol. The first kappa shape index (κ1) is 55.8. The van der Waals surface area contributed by atoms with Gasteiger partial charge in [-0.2, -0.15) is 10.1 Å². The number of methoxy groups -OCH3 is 1. The third-order valence-corrected chi connectivity index (χ3v) is 18.6. The van der Waals surface area contributed by atoms with E-state index in [0.717, 1.165) is 115 Å². The van der Waals surface area contributed by atoms with Gasteiger partial charge in [-0.1, -0.05) is 80.6 Å². The van der Waals surface area contributed by atoms with Crippen LogP contribution in [0.1, 0.15) is 98.9 Å². The van der Waals surface area contributed by atoms with Gasteiger partial charge >= 0.3 is 5.97 Å². The number of carbonyl (C=O) groups excluding carboxylic acids is 1. The first-order chi connectivity index (χ1) is 36.8. The van der Waals surface area contributed by atoms with Gasteiger partial charge in [-0.3, -0.25) is 9.25 Å². The van der Waals surface area contributed by atoms with Crippen molar-refractivity contribution in [2.45, 2.75) is 137 Å². The molecule has 410 valence electrons. The lowest BCUT2D eigenvalue weighted by atomic mass is 9.39. The molecule has 0 aliphatic heterocycles. The number of aromatic nitrogens is 6. The van der Waals surface area contributed by atoms with Crippen molar-refractivity contribution in [3.8, 4) is 16.9 Å². The van der Waals surface area contributed by atoms with Crippen molar-refractivity contribution in [2.75, 3.05) is 59.0 Å². The molecule has 6 aromatic rings. The molecule has 4 aliphatic rings. The van der Waals surface area contributed by atoms with Crippen molar-refractivity contribution in [2.24, 2.45) is 26.4 Å². The van der Waals surface area contributed by atoms with Crippen LogP contribution in [-0.2, 0) is 34.1 Å². The molecule has 4 aliphatic carbocycles. The molecule has 4 aromatic heterocycles. The van der Waals surface area contributed by atoms with E-state index in [4.69, 9.17) is 49.8 Å². The number of para-hydroxylation sites is 1. The number of likely N-dealkylation sites (N-methyl/N-ethyl adjacent to an activating group) is 1. The maximum atomic E-state index is 14.7. The predicted octanol–water partition coefficient (Wildman–Crippen LogP) is 12.6. The van der Waals surface area contributed by atoms with Gasteiger partial charge in [0.1, 0.15) is 24.9 Å². The molecule has 17 nitrogen and oxygen atoms in total. The summed E-state index contributed by atoms with van der Waals surface area (Å²) in [5.41, 5.74) is 14.5. The van der Waals surface area contributed by atoms with E-state index in [-0.39, 0.29) is 34.1 Å². The van der Waals surface area contributed by atoms with Crippen molar-refractivity contribution in [1.29, 1.82) is 0 Å². The van der Waals surface area contributed by atoms with E-state index in [0.29, 0.717) is 55.2 Å². The van der Waals surface area contributed by atoms with Crippen LogP contribution >= 0.6 is 11.3 Å². The van der Waals surface area contributed by atoms with Gasteiger partial charge in [0.05, 0.1) is 35.7 Å². The zero-order valence-corrected chi connectivity index (χ0v) is 48.8. The molecule has 4 saturated carbocycles. The number of hydrogen-bond acceptors (Lipinski definition) is 14. The van der Waals surface area contributed by atoms with Crippen LogP contribution in [0.5, 0.6) is 5.75 Å². The fourth-order valence-electron chi connectivity index (χ4n) is 13.3. The van der Waals surface area contributed by atoms with Crippen LogP contribution in [0.3, 0.4) is 0 Å². The average Bonchev–Trinajstić information content (AvgIpc) is 3.95. The maximum Gasteiger partial charge on any atom is 0.358 e. The van der Waals surface area contributed by atoms with E-state index in [1.807, 2.05) is 72.6 Å². The van der Waals surface area contributed by atoms with Gasteiger partial charge in [0.25, 0.3) is 0 Å². The van der Waals surface area contributed by atoms with Gasteiger partial charge in [0, 0.05) is 62.6 Å². The molecule has 0 amide bonds. The van der Waals surface area contributed by atoms with Crippen LogP contribution in [0.25, 0.3) is 31.8 Å². The summed E-state index contributed by atoms with van der Waals surface area (Å²) in [6, 6.07) is 22.7. The van der Waals surface area contributed by atoms with E-state index in [1.54, 1.807) is 18.4 Å². The number of ether oxygens (including phenoxy) is 4. The molecule has 0 saturated heterocycles. The highest BCUT2D eigenvalue weighted by molar-refractivity contribution is 7.16. The number of pyridine rings is 1. The van der Waals surface area contributed by atoms with Crippen molar-refractivity contribution in [3.05, 3.63) is 111 Å². The molecule has 4 fully saturated rings. The quantitative estimate of drug-likeness (QED) is 0.0133. The molecule has 19 heteroatoms. The number of rotatable bonds is 25. The molecule has 2 atom stereocenters. The second-order valence-electron chi connectivity index (χ2n) is 24.4.